The number of hydrogen-bond acceptors (Lipinski definition) is 2. The van der Waals surface area contributed by atoms with Crippen LogP contribution in [0.2, 0.25) is 0 Å². The molecule has 0 fully saturated rings. The molecule has 0 rings (SSSR count). The summed E-state index contributed by atoms with van der Waals surface area (Å²) in [6, 6.07) is -0.0300. The quantitative estimate of drug-likeness (QED) is 0.550. The van der Waals surface area contributed by atoms with Crippen molar-refractivity contribution < 1.29 is 18.3 Å². The van der Waals surface area contributed by atoms with Crippen LogP contribution in [0, 0.1) is 5.41 Å². The van der Waals surface area contributed by atoms with Gasteiger partial charge in [0, 0.05) is 18.3 Å². The summed E-state index contributed by atoms with van der Waals surface area (Å²) in [5.41, 5.74) is -0.0889. The van der Waals surface area contributed by atoms with Gasteiger partial charge in [-0.1, -0.05) is 20.8 Å². The molecule has 0 aliphatic heterocycles. The Labute approximate surface area is 112 Å². The molecule has 1 N–H and O–H groups in total. The molecule has 0 bridgehead atoms. The Bertz CT molecular complexity index is 245. The highest BCUT2D eigenvalue weighted by Gasteiger charge is 2.25. The minimum Gasteiger partial charge on any atom is -0.375 e. The van der Waals surface area contributed by atoms with Crippen LogP contribution in [0.3, 0.4) is 0 Å². The lowest BCUT2D eigenvalue weighted by atomic mass is 9.85. The van der Waals surface area contributed by atoms with Crippen LogP contribution in [0.1, 0.15) is 33.6 Å². The average Bonchev–Trinajstić information content (AvgIpc) is 2.22. The predicted octanol–water partition coefficient (Wildman–Crippen LogP) is 2.82. The van der Waals surface area contributed by atoms with Crippen LogP contribution >= 0.6 is 11.6 Å². The van der Waals surface area contributed by atoms with E-state index in [0.717, 1.165) is 0 Å². The zero-order valence-corrected chi connectivity index (χ0v) is 11.9. The topological polar surface area (TPSA) is 38.3 Å². The minimum absolute atomic E-state index is 0.00785. The Hall–Kier alpha value is -0.420. The lowest BCUT2D eigenvalue weighted by Crippen LogP contribution is -2.44. The predicted molar refractivity (Wildman–Crippen MR) is 68.2 cm³/mol. The van der Waals surface area contributed by atoms with Gasteiger partial charge in [0.25, 0.3) is 6.43 Å². The van der Waals surface area contributed by atoms with Crippen LogP contribution < -0.4 is 5.32 Å². The second-order valence-corrected chi connectivity index (χ2v) is 5.56. The molecule has 1 atom stereocenters. The van der Waals surface area contributed by atoms with E-state index in [-0.39, 0.29) is 30.4 Å². The molecule has 0 aliphatic rings. The maximum atomic E-state index is 11.8. The van der Waals surface area contributed by atoms with Crippen molar-refractivity contribution >= 4 is 17.5 Å². The highest BCUT2D eigenvalue weighted by atomic mass is 35.5. The van der Waals surface area contributed by atoms with Gasteiger partial charge in [-0.15, -0.1) is 11.6 Å². The summed E-state index contributed by atoms with van der Waals surface area (Å²) in [6.07, 6.45) is -1.73. The van der Waals surface area contributed by atoms with E-state index in [1.165, 1.54) is 0 Å². The molecule has 108 valence electrons. The van der Waals surface area contributed by atoms with E-state index < -0.39 is 13.0 Å². The van der Waals surface area contributed by atoms with E-state index >= 15 is 0 Å². The highest BCUT2D eigenvalue weighted by molar-refractivity contribution is 6.17. The van der Waals surface area contributed by atoms with Gasteiger partial charge in [-0.05, 0) is 11.8 Å². The zero-order chi connectivity index (χ0) is 14.2. The molecule has 1 amide bonds. The monoisotopic (exact) mass is 285 g/mol. The molecule has 0 aromatic rings. The lowest BCUT2D eigenvalue weighted by molar-refractivity contribution is -0.124. The molecule has 0 aromatic heterocycles. The van der Waals surface area contributed by atoms with E-state index in [1.807, 2.05) is 20.8 Å². The van der Waals surface area contributed by atoms with E-state index in [4.69, 9.17) is 11.6 Å². The van der Waals surface area contributed by atoms with Crippen LogP contribution in [0.15, 0.2) is 0 Å². The average molecular weight is 286 g/mol. The minimum atomic E-state index is -2.49. The zero-order valence-electron chi connectivity index (χ0n) is 11.1. The van der Waals surface area contributed by atoms with Crippen molar-refractivity contribution in [1.82, 2.24) is 5.32 Å². The van der Waals surface area contributed by atoms with Crippen molar-refractivity contribution in [2.45, 2.75) is 46.1 Å². The number of halogens is 3. The molecule has 0 saturated carbocycles. The third-order valence-electron chi connectivity index (χ3n) is 2.50. The van der Waals surface area contributed by atoms with E-state index in [2.05, 4.69) is 10.1 Å². The summed E-state index contributed by atoms with van der Waals surface area (Å²) in [7, 11) is 0. The van der Waals surface area contributed by atoms with Gasteiger partial charge in [-0.25, -0.2) is 8.78 Å². The molecular weight excluding hydrogens is 264 g/mol. The van der Waals surface area contributed by atoms with Crippen LogP contribution in [0.5, 0.6) is 0 Å². The van der Waals surface area contributed by atoms with Gasteiger partial charge < -0.3 is 10.1 Å². The summed E-state index contributed by atoms with van der Waals surface area (Å²) < 4.78 is 28.2. The van der Waals surface area contributed by atoms with Crippen LogP contribution in [0.25, 0.3) is 0 Å². The summed E-state index contributed by atoms with van der Waals surface area (Å²) in [5.74, 6) is 0.263. The number of ether oxygens (including phenoxy) is 1. The van der Waals surface area contributed by atoms with Gasteiger partial charge in [0.1, 0.15) is 6.61 Å². The number of nitrogens with one attached hydrogen (secondary N) is 1. The van der Waals surface area contributed by atoms with Crippen molar-refractivity contribution in [3.8, 4) is 0 Å². The fourth-order valence-corrected chi connectivity index (χ4v) is 1.65. The van der Waals surface area contributed by atoms with E-state index in [9.17, 15) is 13.6 Å². The van der Waals surface area contributed by atoms with Gasteiger partial charge in [-0.2, -0.15) is 0 Å². The molecular formula is C12H22ClF2NO2. The van der Waals surface area contributed by atoms with Gasteiger partial charge in [-0.3, -0.25) is 4.79 Å². The third-order valence-corrected chi connectivity index (χ3v) is 2.71. The first-order valence-corrected chi connectivity index (χ1v) is 6.52. The summed E-state index contributed by atoms with van der Waals surface area (Å²) >= 11 is 5.69. The molecule has 3 nitrogen and oxygen atoms in total. The number of carbonyl (C=O) groups is 1. The molecule has 6 heteroatoms. The SMILES string of the molecule is CC(C)(C)C(CCCl)NC(=O)CCOCC(F)F. The second-order valence-electron chi connectivity index (χ2n) is 5.18. The summed E-state index contributed by atoms with van der Waals surface area (Å²) in [4.78, 5) is 11.6. The smallest absolute Gasteiger partial charge is 0.261 e. The molecule has 0 aliphatic carbocycles. The maximum Gasteiger partial charge on any atom is 0.261 e. The van der Waals surface area contributed by atoms with E-state index in [1.54, 1.807) is 0 Å². The summed E-state index contributed by atoms with van der Waals surface area (Å²) in [5, 5.41) is 2.86. The van der Waals surface area contributed by atoms with Crippen molar-refractivity contribution in [2.24, 2.45) is 5.41 Å². The van der Waals surface area contributed by atoms with Crippen molar-refractivity contribution in [1.29, 1.82) is 0 Å². The van der Waals surface area contributed by atoms with Crippen LogP contribution in [0.4, 0.5) is 8.78 Å². The largest absolute Gasteiger partial charge is 0.375 e. The summed E-state index contributed by atoms with van der Waals surface area (Å²) in [6.45, 7) is 5.42. The second kappa shape index (κ2) is 8.64. The molecule has 0 heterocycles. The Morgan fingerprint density at radius 3 is 2.44 bits per heavy atom. The van der Waals surface area contributed by atoms with Gasteiger partial charge in [0.05, 0.1) is 6.61 Å². The first-order chi connectivity index (χ1) is 8.27. The van der Waals surface area contributed by atoms with E-state index in [0.29, 0.717) is 12.3 Å². The Morgan fingerprint density at radius 2 is 2.00 bits per heavy atom. The molecule has 0 aromatic carbocycles. The van der Waals surface area contributed by atoms with Crippen LogP contribution in [-0.4, -0.2) is 37.5 Å². The molecule has 0 saturated heterocycles. The normalized spacial score (nSPS) is 13.7. The number of amides is 1. The third kappa shape index (κ3) is 8.64. The molecule has 1 unspecified atom stereocenters. The molecule has 0 radical (unpaired) electrons. The Morgan fingerprint density at radius 1 is 1.39 bits per heavy atom. The maximum absolute atomic E-state index is 11.8. The highest BCUT2D eigenvalue weighted by Crippen LogP contribution is 2.22. The van der Waals surface area contributed by atoms with Crippen molar-refractivity contribution in [2.75, 3.05) is 19.1 Å². The first kappa shape index (κ1) is 17.6. The number of hydrogen-bond donors (Lipinski definition) is 1. The van der Waals surface area contributed by atoms with Gasteiger partial charge in [0.15, 0.2) is 0 Å². The fraction of sp³-hybridized carbons (Fsp3) is 0.917. The van der Waals surface area contributed by atoms with Crippen LogP contribution in [-0.2, 0) is 9.53 Å². The Balaban J connectivity index is 3.96. The lowest BCUT2D eigenvalue weighted by Gasteiger charge is -2.31. The standard InChI is InChI=1S/C12H22ClF2NO2/c1-12(2,3)9(4-6-13)16-11(17)5-7-18-8-10(14)15/h9-10H,4-8H2,1-3H3,(H,16,17). The fourth-order valence-electron chi connectivity index (χ4n) is 1.43. The van der Waals surface area contributed by atoms with Gasteiger partial charge in [0.2, 0.25) is 5.91 Å². The Kier molecular flexibility index (Phi) is 8.44. The number of carbonyl (C=O) groups excluding carboxylic acids is 1. The number of rotatable bonds is 8. The molecule has 0 spiro atoms. The van der Waals surface area contributed by atoms with Crippen molar-refractivity contribution in [3.63, 3.8) is 0 Å². The van der Waals surface area contributed by atoms with Gasteiger partial charge >= 0.3 is 0 Å². The first-order valence-electron chi connectivity index (χ1n) is 5.98. The van der Waals surface area contributed by atoms with Crippen molar-refractivity contribution in [3.05, 3.63) is 0 Å². The number of alkyl halides is 3. The molecule has 18 heavy (non-hydrogen) atoms.